The molecule has 1 aliphatic heterocycles. The van der Waals surface area contributed by atoms with Crippen LogP contribution < -0.4 is 5.14 Å². The third-order valence-electron chi connectivity index (χ3n) is 4.51. The molecule has 24 heavy (non-hydrogen) atoms. The molecule has 0 bridgehead atoms. The van der Waals surface area contributed by atoms with Gasteiger partial charge in [-0.1, -0.05) is 18.2 Å². The molecule has 7 heteroatoms. The van der Waals surface area contributed by atoms with Gasteiger partial charge in [-0.05, 0) is 37.8 Å². The van der Waals surface area contributed by atoms with Gasteiger partial charge in [-0.3, -0.25) is 9.78 Å². The molecule has 1 aliphatic rings. The Balaban J connectivity index is 1.86. The zero-order valence-electron chi connectivity index (χ0n) is 13.8. The summed E-state index contributed by atoms with van der Waals surface area (Å²) in [6.07, 6.45) is 0.654. The van der Waals surface area contributed by atoms with Gasteiger partial charge >= 0.3 is 0 Å². The van der Waals surface area contributed by atoms with Crippen molar-refractivity contribution in [3.05, 3.63) is 41.1 Å². The number of aromatic nitrogens is 1. The normalized spacial score (nSPS) is 18.3. The second kappa shape index (κ2) is 6.14. The van der Waals surface area contributed by atoms with Gasteiger partial charge in [-0.25, -0.2) is 13.6 Å². The molecule has 1 amide bonds. The van der Waals surface area contributed by atoms with Crippen LogP contribution in [-0.4, -0.2) is 43.1 Å². The predicted molar refractivity (Wildman–Crippen MR) is 93.2 cm³/mol. The lowest BCUT2D eigenvalue weighted by molar-refractivity contribution is 0.0787. The maximum atomic E-state index is 12.8. The van der Waals surface area contributed by atoms with Gasteiger partial charge in [-0.15, -0.1) is 0 Å². The van der Waals surface area contributed by atoms with Crippen LogP contribution >= 0.6 is 0 Å². The number of amides is 1. The monoisotopic (exact) mass is 347 g/mol. The van der Waals surface area contributed by atoms with Crippen LogP contribution in [0, 0.1) is 19.8 Å². The van der Waals surface area contributed by atoms with Crippen molar-refractivity contribution in [3.8, 4) is 0 Å². The van der Waals surface area contributed by atoms with Crippen LogP contribution in [0.1, 0.15) is 28.0 Å². The number of hydrogen-bond donors (Lipinski definition) is 1. The number of para-hydroxylation sites is 1. The number of sulfonamides is 1. The molecule has 1 aromatic heterocycles. The number of pyridine rings is 1. The molecule has 2 N–H and O–H groups in total. The van der Waals surface area contributed by atoms with E-state index in [1.807, 2.05) is 38.1 Å². The Labute approximate surface area is 141 Å². The van der Waals surface area contributed by atoms with Gasteiger partial charge in [0.15, 0.2) is 0 Å². The van der Waals surface area contributed by atoms with E-state index < -0.39 is 10.0 Å². The summed E-state index contributed by atoms with van der Waals surface area (Å²) in [5.41, 5.74) is 3.24. The summed E-state index contributed by atoms with van der Waals surface area (Å²) in [5.74, 6) is -0.273. The Bertz CT molecular complexity index is 909. The standard InChI is InChI=1S/C17H21N3O3S/c1-11-4-3-5-14-8-15(12(2)19-16(11)14)17(21)20-7-6-13(9-20)10-24(18,22)23/h3-5,8,13H,6-7,9-10H2,1-2H3,(H2,18,22,23)/t13-/m1/s1. The van der Waals surface area contributed by atoms with Crippen LogP contribution in [0.15, 0.2) is 24.3 Å². The highest BCUT2D eigenvalue weighted by Crippen LogP contribution is 2.24. The molecule has 2 heterocycles. The first-order valence-corrected chi connectivity index (χ1v) is 9.63. The van der Waals surface area contributed by atoms with Crippen molar-refractivity contribution in [2.75, 3.05) is 18.8 Å². The maximum Gasteiger partial charge on any atom is 0.255 e. The van der Waals surface area contributed by atoms with Crippen molar-refractivity contribution in [1.29, 1.82) is 0 Å². The van der Waals surface area contributed by atoms with Crippen molar-refractivity contribution >= 4 is 26.8 Å². The topological polar surface area (TPSA) is 93.4 Å². The van der Waals surface area contributed by atoms with Gasteiger partial charge in [0.1, 0.15) is 0 Å². The number of aryl methyl sites for hydroxylation is 2. The van der Waals surface area contributed by atoms with Crippen molar-refractivity contribution < 1.29 is 13.2 Å². The van der Waals surface area contributed by atoms with E-state index in [1.54, 1.807) is 4.90 Å². The first-order chi connectivity index (χ1) is 11.2. The molecule has 2 aromatic rings. The first-order valence-electron chi connectivity index (χ1n) is 7.91. The minimum absolute atomic E-state index is 0.0784. The van der Waals surface area contributed by atoms with Gasteiger partial charge in [0, 0.05) is 18.5 Å². The van der Waals surface area contributed by atoms with E-state index in [1.165, 1.54) is 0 Å². The number of hydrogen-bond acceptors (Lipinski definition) is 4. The van der Waals surface area contributed by atoms with E-state index in [9.17, 15) is 13.2 Å². The lowest BCUT2D eigenvalue weighted by atomic mass is 10.1. The summed E-state index contributed by atoms with van der Waals surface area (Å²) >= 11 is 0. The third kappa shape index (κ3) is 3.42. The number of benzene rings is 1. The van der Waals surface area contributed by atoms with Gasteiger partial charge in [0.25, 0.3) is 5.91 Å². The fraction of sp³-hybridized carbons (Fsp3) is 0.412. The molecule has 0 saturated carbocycles. The number of nitrogens with two attached hydrogens (primary N) is 1. The zero-order chi connectivity index (χ0) is 17.5. The predicted octanol–water partition coefficient (Wildman–Crippen LogP) is 1.60. The zero-order valence-corrected chi connectivity index (χ0v) is 14.6. The van der Waals surface area contributed by atoms with Gasteiger partial charge < -0.3 is 4.90 Å². The Hall–Kier alpha value is -1.99. The molecule has 128 valence electrons. The van der Waals surface area contributed by atoms with Crippen molar-refractivity contribution in [3.63, 3.8) is 0 Å². The molecular formula is C17H21N3O3S. The summed E-state index contributed by atoms with van der Waals surface area (Å²) in [6, 6.07) is 7.76. The fourth-order valence-corrected chi connectivity index (χ4v) is 4.24. The molecule has 1 fully saturated rings. The molecule has 1 aromatic carbocycles. The van der Waals surface area contributed by atoms with Crippen molar-refractivity contribution in [2.24, 2.45) is 11.1 Å². The summed E-state index contributed by atoms with van der Waals surface area (Å²) in [4.78, 5) is 19.1. The van der Waals surface area contributed by atoms with E-state index in [2.05, 4.69) is 4.98 Å². The maximum absolute atomic E-state index is 12.8. The van der Waals surface area contributed by atoms with Gasteiger partial charge in [-0.2, -0.15) is 0 Å². The van der Waals surface area contributed by atoms with Crippen LogP contribution in [0.3, 0.4) is 0 Å². The molecule has 1 saturated heterocycles. The molecule has 1 atom stereocenters. The number of primary sulfonamides is 1. The number of likely N-dealkylation sites (tertiary alicyclic amines) is 1. The highest BCUT2D eigenvalue weighted by atomic mass is 32.2. The number of fused-ring (bicyclic) bond motifs is 1. The molecule has 0 aliphatic carbocycles. The van der Waals surface area contributed by atoms with Crippen molar-refractivity contribution in [1.82, 2.24) is 9.88 Å². The van der Waals surface area contributed by atoms with Gasteiger partial charge in [0.2, 0.25) is 10.0 Å². The molecule has 6 nitrogen and oxygen atoms in total. The van der Waals surface area contributed by atoms with Crippen LogP contribution in [0.5, 0.6) is 0 Å². The minimum Gasteiger partial charge on any atom is -0.338 e. The molecular weight excluding hydrogens is 326 g/mol. The van der Waals surface area contributed by atoms with E-state index in [-0.39, 0.29) is 17.6 Å². The summed E-state index contributed by atoms with van der Waals surface area (Å²) in [7, 11) is -3.51. The Kier molecular flexibility index (Phi) is 4.31. The van der Waals surface area contributed by atoms with Crippen LogP contribution in [0.2, 0.25) is 0 Å². The fourth-order valence-electron chi connectivity index (χ4n) is 3.31. The van der Waals surface area contributed by atoms with E-state index in [0.717, 1.165) is 16.5 Å². The smallest absolute Gasteiger partial charge is 0.255 e. The van der Waals surface area contributed by atoms with Gasteiger partial charge in [0.05, 0.1) is 22.5 Å². The van der Waals surface area contributed by atoms with Crippen LogP contribution in [0.25, 0.3) is 10.9 Å². The molecule has 0 spiro atoms. The SMILES string of the molecule is Cc1nc2c(C)cccc2cc1C(=O)N1CC[C@@H](CS(N)(=O)=O)C1. The minimum atomic E-state index is -3.51. The second-order valence-electron chi connectivity index (χ2n) is 6.50. The van der Waals surface area contributed by atoms with Crippen molar-refractivity contribution in [2.45, 2.75) is 20.3 Å². The second-order valence-corrected chi connectivity index (χ2v) is 8.16. The molecule has 0 unspecified atom stereocenters. The Morgan fingerprint density at radius 3 is 2.83 bits per heavy atom. The lowest BCUT2D eigenvalue weighted by Gasteiger charge is -2.18. The van der Waals surface area contributed by atoms with Crippen LogP contribution in [-0.2, 0) is 10.0 Å². The largest absolute Gasteiger partial charge is 0.338 e. The van der Waals surface area contributed by atoms with Crippen LogP contribution in [0.4, 0.5) is 0 Å². The summed E-state index contributed by atoms with van der Waals surface area (Å²) in [6.45, 7) is 4.79. The number of rotatable bonds is 3. The average molecular weight is 347 g/mol. The number of carbonyl (C=O) groups is 1. The first kappa shape index (κ1) is 16.9. The average Bonchev–Trinajstić information content (AvgIpc) is 2.93. The lowest BCUT2D eigenvalue weighted by Crippen LogP contribution is -2.31. The highest BCUT2D eigenvalue weighted by Gasteiger charge is 2.30. The number of carbonyl (C=O) groups excluding carboxylic acids is 1. The Morgan fingerprint density at radius 1 is 1.38 bits per heavy atom. The Morgan fingerprint density at radius 2 is 2.12 bits per heavy atom. The highest BCUT2D eigenvalue weighted by molar-refractivity contribution is 7.89. The molecule has 3 rings (SSSR count). The summed E-state index contributed by atoms with van der Waals surface area (Å²) in [5, 5.41) is 6.04. The van der Waals surface area contributed by atoms with E-state index in [0.29, 0.717) is 30.8 Å². The molecule has 0 radical (unpaired) electrons. The summed E-state index contributed by atoms with van der Waals surface area (Å²) < 4.78 is 22.5. The van der Waals surface area contributed by atoms with E-state index >= 15 is 0 Å². The van der Waals surface area contributed by atoms with E-state index in [4.69, 9.17) is 5.14 Å². The number of nitrogens with zero attached hydrogens (tertiary/aromatic N) is 2. The quantitative estimate of drug-likeness (QED) is 0.912. The third-order valence-corrected chi connectivity index (χ3v) is 5.45.